The van der Waals surface area contributed by atoms with Crippen LogP contribution in [-0.4, -0.2) is 53.2 Å². The molecular formula is C38H40N4O7S2. The summed E-state index contributed by atoms with van der Waals surface area (Å²) in [6, 6.07) is 23.1. The lowest BCUT2D eigenvalue weighted by Gasteiger charge is -2.29. The number of thioether (sulfide) groups is 1. The van der Waals surface area contributed by atoms with E-state index in [1.807, 2.05) is 60.1 Å². The molecule has 4 heterocycles. The quantitative estimate of drug-likeness (QED) is 0.180. The molecule has 3 aliphatic heterocycles. The summed E-state index contributed by atoms with van der Waals surface area (Å²) in [5, 5.41) is 9.08. The van der Waals surface area contributed by atoms with Gasteiger partial charge < -0.3 is 18.4 Å². The van der Waals surface area contributed by atoms with Crippen LogP contribution < -0.4 is 13.7 Å². The van der Waals surface area contributed by atoms with Gasteiger partial charge in [-0.2, -0.15) is 12.7 Å². The first-order chi connectivity index (χ1) is 24.7. The first-order valence-electron chi connectivity index (χ1n) is 17.0. The average molecular weight is 729 g/mol. The second kappa shape index (κ2) is 14.9. The summed E-state index contributed by atoms with van der Waals surface area (Å²) in [5.74, 6) is 1.61. The molecule has 2 atom stereocenters. The zero-order valence-electron chi connectivity index (χ0n) is 28.8. The summed E-state index contributed by atoms with van der Waals surface area (Å²) in [7, 11) is -2.59. The van der Waals surface area contributed by atoms with Gasteiger partial charge in [0.2, 0.25) is 0 Å². The number of rotatable bonds is 4. The molecule has 0 saturated carbocycles. The molecule has 0 amide bonds. The van der Waals surface area contributed by atoms with E-state index in [2.05, 4.69) is 22.4 Å². The highest BCUT2D eigenvalue weighted by Crippen LogP contribution is 2.38. The molecule has 0 fully saturated rings. The SMILES string of the molecule is CCOC(=O)CC1c2ccc(OC)c(c2)CN2Cc3cc(ccc3OS2(=O)=O)OCc2ccccc2SCCCCn2nnc3c(C)c1ccc32. The van der Waals surface area contributed by atoms with Crippen LogP contribution in [0.2, 0.25) is 0 Å². The predicted molar refractivity (Wildman–Crippen MR) is 194 cm³/mol. The van der Waals surface area contributed by atoms with Crippen LogP contribution in [-0.2, 0) is 46.1 Å². The lowest BCUT2D eigenvalue weighted by molar-refractivity contribution is -0.143. The first kappa shape index (κ1) is 34.8. The van der Waals surface area contributed by atoms with Crippen LogP contribution in [0.3, 0.4) is 0 Å². The molecule has 1 aromatic heterocycles. The normalized spacial score (nSPS) is 18.7. The minimum atomic E-state index is -4.14. The van der Waals surface area contributed by atoms with Gasteiger partial charge in [-0.1, -0.05) is 41.6 Å². The zero-order chi connectivity index (χ0) is 35.5. The Morgan fingerprint density at radius 2 is 1.84 bits per heavy atom. The van der Waals surface area contributed by atoms with Crippen molar-refractivity contribution < 1.29 is 31.6 Å². The van der Waals surface area contributed by atoms with Gasteiger partial charge in [-0.15, -0.1) is 16.9 Å². The number of carbonyl (C=O) groups is 1. The summed E-state index contributed by atoms with van der Waals surface area (Å²) >= 11 is 1.80. The number of methoxy groups -OCH3 is 1. The van der Waals surface area contributed by atoms with Gasteiger partial charge in [-0.3, -0.25) is 4.79 Å². The van der Waals surface area contributed by atoms with Crippen molar-refractivity contribution in [3.63, 3.8) is 0 Å². The molecule has 266 valence electrons. The lowest BCUT2D eigenvalue weighted by atomic mass is 9.84. The highest BCUT2D eigenvalue weighted by Gasteiger charge is 2.33. The molecule has 9 bridgehead atoms. The molecule has 8 rings (SSSR count). The van der Waals surface area contributed by atoms with Crippen LogP contribution in [0.1, 0.15) is 65.5 Å². The van der Waals surface area contributed by atoms with E-state index < -0.39 is 16.2 Å². The molecule has 11 nitrogen and oxygen atoms in total. The maximum Gasteiger partial charge on any atom is 0.385 e. The van der Waals surface area contributed by atoms with Gasteiger partial charge in [0.25, 0.3) is 0 Å². The van der Waals surface area contributed by atoms with Crippen LogP contribution in [0.5, 0.6) is 17.2 Å². The van der Waals surface area contributed by atoms with E-state index in [1.165, 1.54) is 4.31 Å². The van der Waals surface area contributed by atoms with E-state index in [4.69, 9.17) is 18.4 Å². The van der Waals surface area contributed by atoms with Crippen molar-refractivity contribution in [1.82, 2.24) is 19.3 Å². The minimum Gasteiger partial charge on any atom is -0.496 e. The number of nitrogens with zero attached hydrogens (tertiary/aromatic N) is 4. The number of fused-ring (bicyclic) bond motifs is 6. The maximum atomic E-state index is 13.5. The van der Waals surface area contributed by atoms with E-state index in [-0.39, 0.29) is 37.8 Å². The van der Waals surface area contributed by atoms with Gasteiger partial charge in [-0.05, 0) is 85.5 Å². The van der Waals surface area contributed by atoms with Gasteiger partial charge >= 0.3 is 16.3 Å². The number of aryl methyl sites for hydroxylation is 2. The Balaban J connectivity index is 1.31. The summed E-state index contributed by atoms with van der Waals surface area (Å²) < 4.78 is 53.1. The number of ether oxygens (including phenoxy) is 3. The molecule has 0 saturated heterocycles. The van der Waals surface area contributed by atoms with E-state index in [0.29, 0.717) is 29.2 Å². The number of hydrogen-bond acceptors (Lipinski definition) is 10. The third-order valence-corrected chi connectivity index (χ3v) is 11.8. The van der Waals surface area contributed by atoms with Crippen LogP contribution in [0.15, 0.2) is 77.7 Å². The lowest BCUT2D eigenvalue weighted by Crippen LogP contribution is -2.37. The Kier molecular flexibility index (Phi) is 10.2. The highest BCUT2D eigenvalue weighted by atomic mass is 32.2. The Labute approximate surface area is 302 Å². The Morgan fingerprint density at radius 1 is 1.00 bits per heavy atom. The number of benzene rings is 4. The van der Waals surface area contributed by atoms with E-state index >= 15 is 0 Å². The van der Waals surface area contributed by atoms with Gasteiger partial charge in [0.15, 0.2) is 0 Å². The van der Waals surface area contributed by atoms with E-state index in [9.17, 15) is 13.2 Å². The van der Waals surface area contributed by atoms with Gasteiger partial charge in [0, 0.05) is 47.1 Å². The Bertz CT molecular complexity index is 2190. The van der Waals surface area contributed by atoms with Crippen LogP contribution in [0.4, 0.5) is 0 Å². The van der Waals surface area contributed by atoms with Crippen molar-refractivity contribution in [3.05, 3.63) is 106 Å². The molecule has 2 unspecified atom stereocenters. The zero-order valence-corrected chi connectivity index (χ0v) is 30.5. The number of esters is 1. The van der Waals surface area contributed by atoms with Crippen LogP contribution >= 0.6 is 11.8 Å². The molecule has 3 aliphatic rings. The van der Waals surface area contributed by atoms with Gasteiger partial charge in [0.1, 0.15) is 29.4 Å². The molecule has 0 aliphatic carbocycles. The molecule has 0 spiro atoms. The van der Waals surface area contributed by atoms with Gasteiger partial charge in [-0.25, -0.2) is 4.68 Å². The minimum absolute atomic E-state index is 0.0209. The van der Waals surface area contributed by atoms with Crippen molar-refractivity contribution in [2.24, 2.45) is 0 Å². The number of aromatic nitrogens is 3. The number of carbonyl (C=O) groups excluding carboxylic acids is 1. The molecule has 51 heavy (non-hydrogen) atoms. The largest absolute Gasteiger partial charge is 0.496 e. The number of hydrogen-bond donors (Lipinski definition) is 0. The summed E-state index contributed by atoms with van der Waals surface area (Å²) in [4.78, 5) is 14.2. The standard InChI is InChI=1S/C38H40N4O7S2/c1-4-47-37(43)21-32-26-11-15-34(46-3)28(19-26)22-41-23-29-20-30(12-16-35(29)49-51(41,44)45)48-24-27-9-5-6-10-36(27)50-18-8-7-17-42-33-14-13-31(32)25(2)38(33)39-40-42/h5-6,9-16,19-20,32H,4,7-8,17-18,21-24H2,1-3H3. The maximum absolute atomic E-state index is 13.5. The van der Waals surface area contributed by atoms with Crippen molar-refractivity contribution >= 4 is 39.1 Å². The molecule has 0 radical (unpaired) electrons. The topological polar surface area (TPSA) is 122 Å². The van der Waals surface area contributed by atoms with E-state index in [1.54, 1.807) is 37.9 Å². The average Bonchev–Trinajstić information content (AvgIpc) is 3.54. The summed E-state index contributed by atoms with van der Waals surface area (Å²) in [5.41, 5.74) is 6.76. The second-order valence-corrected chi connectivity index (χ2v) is 15.3. The predicted octanol–water partition coefficient (Wildman–Crippen LogP) is 6.94. The molecule has 0 N–H and O–H groups in total. The smallest absolute Gasteiger partial charge is 0.385 e. The van der Waals surface area contributed by atoms with Crippen LogP contribution in [0.25, 0.3) is 11.0 Å². The monoisotopic (exact) mass is 728 g/mol. The first-order valence-corrected chi connectivity index (χ1v) is 19.4. The van der Waals surface area contributed by atoms with Crippen molar-refractivity contribution in [3.8, 4) is 17.2 Å². The molecule has 4 aromatic carbocycles. The molecular weight excluding hydrogens is 689 g/mol. The fraction of sp³-hybridized carbons (Fsp3) is 0.342. The third kappa shape index (κ3) is 7.42. The fourth-order valence-electron chi connectivity index (χ4n) is 6.74. The van der Waals surface area contributed by atoms with Crippen LogP contribution in [0, 0.1) is 6.92 Å². The summed E-state index contributed by atoms with van der Waals surface area (Å²) in [6.07, 6.45) is 2.01. The highest BCUT2D eigenvalue weighted by molar-refractivity contribution is 7.99. The van der Waals surface area contributed by atoms with Crippen molar-refractivity contribution in [1.29, 1.82) is 0 Å². The molecule has 5 aromatic rings. The fourth-order valence-corrected chi connectivity index (χ4v) is 8.88. The van der Waals surface area contributed by atoms with Crippen molar-refractivity contribution in [2.75, 3.05) is 19.5 Å². The molecule has 13 heteroatoms. The van der Waals surface area contributed by atoms with Crippen molar-refractivity contribution in [2.45, 2.75) is 70.2 Å². The Morgan fingerprint density at radius 3 is 2.69 bits per heavy atom. The van der Waals surface area contributed by atoms with Gasteiger partial charge in [0.05, 0.1) is 25.7 Å². The Hall–Kier alpha value is -4.59. The second-order valence-electron chi connectivity index (χ2n) is 12.6. The third-order valence-electron chi connectivity index (χ3n) is 9.37. The summed E-state index contributed by atoms with van der Waals surface area (Å²) in [6.45, 7) is 5.21. The van der Waals surface area contributed by atoms with E-state index in [0.717, 1.165) is 63.3 Å².